The molecule has 6 heteroatoms. The number of amides is 1. The number of nitrogens with zero attached hydrogens (tertiary/aromatic N) is 2. The summed E-state index contributed by atoms with van der Waals surface area (Å²) in [6, 6.07) is 10.1. The minimum absolute atomic E-state index is 0.115. The fourth-order valence-electron chi connectivity index (χ4n) is 3.39. The van der Waals surface area contributed by atoms with Crippen molar-refractivity contribution in [2.24, 2.45) is 0 Å². The smallest absolute Gasteiger partial charge is 0.267 e. The van der Waals surface area contributed by atoms with Gasteiger partial charge in [-0.3, -0.25) is 19.9 Å². The highest BCUT2D eigenvalue weighted by Gasteiger charge is 2.10. The molecule has 1 aromatic carbocycles. The van der Waals surface area contributed by atoms with Gasteiger partial charge in [-0.15, -0.1) is 0 Å². The van der Waals surface area contributed by atoms with Crippen LogP contribution in [-0.4, -0.2) is 45.8 Å². The molecule has 1 heterocycles. The lowest BCUT2D eigenvalue weighted by atomic mass is 10.00. The van der Waals surface area contributed by atoms with Crippen molar-refractivity contribution >= 4 is 18.1 Å². The van der Waals surface area contributed by atoms with Crippen LogP contribution >= 0.6 is 0 Å². The lowest BCUT2D eigenvalue weighted by molar-refractivity contribution is -0.124. The molecule has 0 radical (unpaired) electrons. The van der Waals surface area contributed by atoms with Gasteiger partial charge >= 0.3 is 0 Å². The number of fused-ring (bicyclic) bond motifs is 1. The van der Waals surface area contributed by atoms with Gasteiger partial charge in [0.1, 0.15) is 0 Å². The van der Waals surface area contributed by atoms with Crippen LogP contribution in [0.5, 0.6) is 0 Å². The number of aliphatic hydroxyl groups is 1. The Balaban J connectivity index is 1.58. The molecule has 0 saturated carbocycles. The van der Waals surface area contributed by atoms with Crippen LogP contribution in [0.1, 0.15) is 34.4 Å². The summed E-state index contributed by atoms with van der Waals surface area (Å²) in [6.07, 6.45) is 12.1. The Kier molecular flexibility index (Phi) is 7.69. The molecular weight excluding hydrogens is 366 g/mol. The molecule has 6 nitrogen and oxygen atoms in total. The second-order valence-corrected chi connectivity index (χ2v) is 7.13. The molecule has 0 unspecified atom stereocenters. The molecular formula is C23H27N3O3. The number of carbonyl (C=O) groups is 1. The molecule has 29 heavy (non-hydrogen) atoms. The van der Waals surface area contributed by atoms with Crippen LogP contribution in [0.4, 0.5) is 0 Å². The summed E-state index contributed by atoms with van der Waals surface area (Å²) in [5.74, 6) is -0.559. The third-order valence-electron chi connectivity index (χ3n) is 4.97. The average Bonchev–Trinajstić information content (AvgIpc) is 2.76. The lowest BCUT2D eigenvalue weighted by Gasteiger charge is -2.22. The number of allylic oxidation sites excluding steroid dienone is 1. The van der Waals surface area contributed by atoms with Gasteiger partial charge in [0.25, 0.3) is 5.91 Å². The standard InChI is InChI=1S/C23H27N3O3/c27-14-13-26(12-11-20-15-21-3-1-2-4-22(21)24-16-20)17-19-7-5-18(6-8-19)9-10-23(28)25-29/h2,4-10,15-16,27,29H,1,3,11-14,17H2,(H,25,28)/b10-9+. The predicted molar refractivity (Wildman–Crippen MR) is 113 cm³/mol. The first-order chi connectivity index (χ1) is 14.2. The number of aromatic nitrogens is 1. The maximum atomic E-state index is 11.1. The van der Waals surface area contributed by atoms with Crippen molar-refractivity contribution in [1.29, 1.82) is 0 Å². The Morgan fingerprint density at radius 2 is 2.03 bits per heavy atom. The third kappa shape index (κ3) is 6.35. The monoisotopic (exact) mass is 393 g/mol. The average molecular weight is 393 g/mol. The molecule has 0 spiro atoms. The molecule has 0 atom stereocenters. The van der Waals surface area contributed by atoms with Crippen LogP contribution < -0.4 is 5.48 Å². The SMILES string of the molecule is O=C(/C=C/c1ccc(CN(CCO)CCc2cnc3c(c2)CCC=C3)cc1)NO. The molecule has 0 fully saturated rings. The van der Waals surface area contributed by atoms with Gasteiger partial charge in [-0.25, -0.2) is 5.48 Å². The summed E-state index contributed by atoms with van der Waals surface area (Å²) in [5.41, 5.74) is 7.20. The van der Waals surface area contributed by atoms with E-state index >= 15 is 0 Å². The van der Waals surface area contributed by atoms with Crippen molar-refractivity contribution in [2.45, 2.75) is 25.8 Å². The van der Waals surface area contributed by atoms with Gasteiger partial charge in [0.2, 0.25) is 0 Å². The molecule has 1 amide bonds. The molecule has 152 valence electrons. The Morgan fingerprint density at radius 1 is 1.21 bits per heavy atom. The number of nitrogens with one attached hydrogen (secondary N) is 1. The van der Waals surface area contributed by atoms with E-state index in [1.165, 1.54) is 17.2 Å². The highest BCUT2D eigenvalue weighted by atomic mass is 16.5. The van der Waals surface area contributed by atoms with Crippen molar-refractivity contribution in [3.8, 4) is 0 Å². The number of hydrogen-bond donors (Lipinski definition) is 3. The number of benzene rings is 1. The number of aliphatic hydroxyl groups excluding tert-OH is 1. The summed E-state index contributed by atoms with van der Waals surface area (Å²) < 4.78 is 0. The van der Waals surface area contributed by atoms with E-state index in [0.717, 1.165) is 49.2 Å². The normalized spacial score (nSPS) is 13.1. The first-order valence-corrected chi connectivity index (χ1v) is 9.86. The molecule has 1 aliphatic rings. The topological polar surface area (TPSA) is 85.7 Å². The van der Waals surface area contributed by atoms with Crippen molar-refractivity contribution < 1.29 is 15.1 Å². The number of hydroxylamine groups is 1. The summed E-state index contributed by atoms with van der Waals surface area (Å²) in [4.78, 5) is 17.8. The van der Waals surface area contributed by atoms with Gasteiger partial charge < -0.3 is 5.11 Å². The van der Waals surface area contributed by atoms with Gasteiger partial charge in [-0.2, -0.15) is 0 Å². The summed E-state index contributed by atoms with van der Waals surface area (Å²) in [6.45, 7) is 2.31. The third-order valence-corrected chi connectivity index (χ3v) is 4.97. The van der Waals surface area contributed by atoms with Gasteiger partial charge in [-0.05, 0) is 53.7 Å². The molecule has 1 aliphatic carbocycles. The Hall–Kier alpha value is -2.80. The van der Waals surface area contributed by atoms with Crippen molar-refractivity contribution in [2.75, 3.05) is 19.7 Å². The Morgan fingerprint density at radius 3 is 2.79 bits per heavy atom. The van der Waals surface area contributed by atoms with Crippen LogP contribution in [0.25, 0.3) is 12.2 Å². The predicted octanol–water partition coefficient (Wildman–Crippen LogP) is 2.60. The molecule has 2 aromatic rings. The maximum Gasteiger partial charge on any atom is 0.267 e. The summed E-state index contributed by atoms with van der Waals surface area (Å²) >= 11 is 0. The number of rotatable bonds is 9. The van der Waals surface area contributed by atoms with E-state index in [1.54, 1.807) is 11.6 Å². The number of pyridine rings is 1. The highest BCUT2D eigenvalue weighted by Crippen LogP contribution is 2.18. The quantitative estimate of drug-likeness (QED) is 0.346. The highest BCUT2D eigenvalue weighted by molar-refractivity contribution is 5.90. The second kappa shape index (κ2) is 10.7. The fraction of sp³-hybridized carbons (Fsp3) is 0.304. The zero-order chi connectivity index (χ0) is 20.5. The molecule has 3 N–H and O–H groups in total. The van der Waals surface area contributed by atoms with E-state index in [1.807, 2.05) is 30.5 Å². The van der Waals surface area contributed by atoms with Crippen molar-refractivity contribution in [1.82, 2.24) is 15.4 Å². The van der Waals surface area contributed by atoms with Crippen LogP contribution in [0.15, 0.2) is 48.7 Å². The molecule has 0 saturated heterocycles. The van der Waals surface area contributed by atoms with Gasteiger partial charge in [0, 0.05) is 31.9 Å². The van der Waals surface area contributed by atoms with Crippen LogP contribution in [-0.2, 0) is 24.2 Å². The molecule has 1 aromatic heterocycles. The fourth-order valence-corrected chi connectivity index (χ4v) is 3.39. The molecule has 0 aliphatic heterocycles. The van der Waals surface area contributed by atoms with E-state index in [4.69, 9.17) is 5.21 Å². The maximum absolute atomic E-state index is 11.1. The van der Waals surface area contributed by atoms with Gasteiger partial charge in [0.15, 0.2) is 0 Å². The van der Waals surface area contributed by atoms with E-state index < -0.39 is 5.91 Å². The molecule has 0 bridgehead atoms. The second-order valence-electron chi connectivity index (χ2n) is 7.13. The van der Waals surface area contributed by atoms with E-state index in [0.29, 0.717) is 6.54 Å². The van der Waals surface area contributed by atoms with Crippen molar-refractivity contribution in [3.05, 3.63) is 76.6 Å². The largest absolute Gasteiger partial charge is 0.395 e. The number of hydrogen-bond acceptors (Lipinski definition) is 5. The van der Waals surface area contributed by atoms with Crippen molar-refractivity contribution in [3.63, 3.8) is 0 Å². The van der Waals surface area contributed by atoms with Gasteiger partial charge in [0.05, 0.1) is 12.3 Å². The Bertz CT molecular complexity index is 875. The summed E-state index contributed by atoms with van der Waals surface area (Å²) in [7, 11) is 0. The Labute approximate surface area is 171 Å². The van der Waals surface area contributed by atoms with Crippen LogP contribution in [0, 0.1) is 0 Å². The minimum atomic E-state index is -0.559. The number of aryl methyl sites for hydroxylation is 1. The van der Waals surface area contributed by atoms with E-state index in [9.17, 15) is 9.90 Å². The van der Waals surface area contributed by atoms with E-state index in [2.05, 4.69) is 28.1 Å². The summed E-state index contributed by atoms with van der Waals surface area (Å²) in [5, 5.41) is 17.9. The van der Waals surface area contributed by atoms with Crippen LogP contribution in [0.3, 0.4) is 0 Å². The van der Waals surface area contributed by atoms with E-state index in [-0.39, 0.29) is 6.61 Å². The first-order valence-electron chi connectivity index (χ1n) is 9.86. The van der Waals surface area contributed by atoms with Crippen LogP contribution in [0.2, 0.25) is 0 Å². The number of carbonyl (C=O) groups excluding carboxylic acids is 1. The lowest BCUT2D eigenvalue weighted by Crippen LogP contribution is -2.28. The first kappa shape index (κ1) is 20.9. The zero-order valence-electron chi connectivity index (χ0n) is 16.4. The zero-order valence-corrected chi connectivity index (χ0v) is 16.4. The molecule has 3 rings (SSSR count). The minimum Gasteiger partial charge on any atom is -0.395 e. The van der Waals surface area contributed by atoms with Gasteiger partial charge in [-0.1, -0.05) is 36.4 Å².